The van der Waals surface area contributed by atoms with Crippen LogP contribution in [0.5, 0.6) is 11.5 Å². The second-order valence-corrected chi connectivity index (χ2v) is 6.87. The molecule has 2 rings (SSSR count). The van der Waals surface area contributed by atoms with Crippen molar-refractivity contribution >= 4 is 21.4 Å². The van der Waals surface area contributed by atoms with Crippen molar-refractivity contribution < 1.29 is 26.8 Å². The molecular formula is C16H16F2N2O4S. The molecule has 2 aromatic carbocycles. The lowest BCUT2D eigenvalue weighted by Crippen LogP contribution is -2.11. The third-order valence-corrected chi connectivity index (χ3v) is 3.63. The standard InChI is InChI=1S/C16H16F2N2O4S/c1-10(19-23-2)11-4-6-14(20-25(3,21)22)16(8-11)24-15-7-5-12(17)9-13(15)18/h4-9,20H,1-3H3/b19-10-. The van der Waals surface area contributed by atoms with Gasteiger partial charge in [-0.2, -0.15) is 0 Å². The van der Waals surface area contributed by atoms with Gasteiger partial charge in [-0.15, -0.1) is 0 Å². The molecule has 0 aliphatic heterocycles. The van der Waals surface area contributed by atoms with Gasteiger partial charge in [-0.25, -0.2) is 17.2 Å². The monoisotopic (exact) mass is 370 g/mol. The van der Waals surface area contributed by atoms with Crippen LogP contribution in [0.25, 0.3) is 0 Å². The van der Waals surface area contributed by atoms with Gasteiger partial charge in [0, 0.05) is 11.6 Å². The van der Waals surface area contributed by atoms with Gasteiger partial charge in [0.1, 0.15) is 12.9 Å². The number of nitrogens with zero attached hydrogens (tertiary/aromatic N) is 1. The minimum absolute atomic E-state index is 0.0269. The molecule has 0 atom stereocenters. The molecule has 2 aromatic rings. The van der Waals surface area contributed by atoms with Crippen molar-refractivity contribution in [3.63, 3.8) is 0 Å². The Labute approximate surface area is 144 Å². The molecule has 9 heteroatoms. The summed E-state index contributed by atoms with van der Waals surface area (Å²) in [6, 6.07) is 7.32. The Bertz CT molecular complexity index is 914. The quantitative estimate of drug-likeness (QED) is 0.624. The highest BCUT2D eigenvalue weighted by molar-refractivity contribution is 7.92. The van der Waals surface area contributed by atoms with Crippen molar-refractivity contribution in [1.29, 1.82) is 0 Å². The van der Waals surface area contributed by atoms with E-state index in [9.17, 15) is 17.2 Å². The van der Waals surface area contributed by atoms with E-state index in [0.717, 1.165) is 18.4 Å². The highest BCUT2D eigenvalue weighted by atomic mass is 32.2. The summed E-state index contributed by atoms with van der Waals surface area (Å²) in [7, 11) is -2.21. The molecule has 0 saturated heterocycles. The minimum Gasteiger partial charge on any atom is -0.452 e. The molecule has 0 fully saturated rings. The number of rotatable bonds is 6. The Morgan fingerprint density at radius 1 is 1.12 bits per heavy atom. The fraction of sp³-hybridized carbons (Fsp3) is 0.188. The molecule has 0 saturated carbocycles. The van der Waals surface area contributed by atoms with Gasteiger partial charge in [0.2, 0.25) is 10.0 Å². The highest BCUT2D eigenvalue weighted by Crippen LogP contribution is 2.33. The second-order valence-electron chi connectivity index (χ2n) is 5.12. The van der Waals surface area contributed by atoms with Crippen molar-refractivity contribution in [3.05, 3.63) is 53.6 Å². The van der Waals surface area contributed by atoms with Crippen molar-refractivity contribution in [3.8, 4) is 11.5 Å². The summed E-state index contributed by atoms with van der Waals surface area (Å²) in [6.07, 6.45) is 0.973. The van der Waals surface area contributed by atoms with Crippen molar-refractivity contribution in [1.82, 2.24) is 0 Å². The van der Waals surface area contributed by atoms with Crippen LogP contribution in [-0.4, -0.2) is 27.5 Å². The van der Waals surface area contributed by atoms with Crippen LogP contribution in [0.1, 0.15) is 12.5 Å². The lowest BCUT2D eigenvalue weighted by Gasteiger charge is -2.14. The van der Waals surface area contributed by atoms with E-state index in [1.807, 2.05) is 0 Å². The van der Waals surface area contributed by atoms with Gasteiger partial charge < -0.3 is 9.57 Å². The first kappa shape index (κ1) is 18.7. The van der Waals surface area contributed by atoms with Gasteiger partial charge >= 0.3 is 0 Å². The molecule has 0 aliphatic rings. The molecule has 0 aromatic heterocycles. The number of sulfonamides is 1. The molecule has 0 radical (unpaired) electrons. The van der Waals surface area contributed by atoms with Crippen LogP contribution in [0.2, 0.25) is 0 Å². The maximum Gasteiger partial charge on any atom is 0.229 e. The summed E-state index contributed by atoms with van der Waals surface area (Å²) in [4.78, 5) is 4.69. The third-order valence-electron chi connectivity index (χ3n) is 3.04. The Morgan fingerprint density at radius 3 is 2.44 bits per heavy atom. The summed E-state index contributed by atoms with van der Waals surface area (Å²) in [5.41, 5.74) is 1.16. The second kappa shape index (κ2) is 7.47. The fourth-order valence-electron chi connectivity index (χ4n) is 1.98. The first-order valence-corrected chi connectivity index (χ1v) is 8.91. The summed E-state index contributed by atoms with van der Waals surface area (Å²) in [5, 5.41) is 3.78. The Morgan fingerprint density at radius 2 is 1.84 bits per heavy atom. The van der Waals surface area contributed by atoms with E-state index in [0.29, 0.717) is 17.3 Å². The first-order valence-electron chi connectivity index (χ1n) is 7.02. The third kappa shape index (κ3) is 5.15. The Kier molecular flexibility index (Phi) is 5.58. The number of hydrogen-bond acceptors (Lipinski definition) is 5. The summed E-state index contributed by atoms with van der Waals surface area (Å²) in [5.74, 6) is -1.90. The molecule has 0 amide bonds. The van der Waals surface area contributed by atoms with E-state index in [-0.39, 0.29) is 17.2 Å². The average Bonchev–Trinajstić information content (AvgIpc) is 2.50. The fourth-order valence-corrected chi connectivity index (χ4v) is 2.55. The maximum absolute atomic E-state index is 13.8. The van der Waals surface area contributed by atoms with E-state index in [4.69, 9.17) is 9.57 Å². The zero-order valence-corrected chi connectivity index (χ0v) is 14.5. The van der Waals surface area contributed by atoms with E-state index < -0.39 is 21.7 Å². The first-order chi connectivity index (χ1) is 11.7. The van der Waals surface area contributed by atoms with Crippen LogP contribution < -0.4 is 9.46 Å². The van der Waals surface area contributed by atoms with Crippen LogP contribution >= 0.6 is 0 Å². The number of oxime groups is 1. The van der Waals surface area contributed by atoms with E-state index >= 15 is 0 Å². The predicted molar refractivity (Wildman–Crippen MR) is 90.6 cm³/mol. The topological polar surface area (TPSA) is 77.0 Å². The zero-order valence-electron chi connectivity index (χ0n) is 13.7. The van der Waals surface area contributed by atoms with E-state index in [2.05, 4.69) is 9.88 Å². The van der Waals surface area contributed by atoms with Gasteiger partial charge in [-0.3, -0.25) is 4.72 Å². The SMILES string of the molecule is CO/N=C(/C)c1ccc(NS(C)(=O)=O)c(Oc2ccc(F)cc2F)c1. The van der Waals surface area contributed by atoms with Gasteiger partial charge in [0.25, 0.3) is 0 Å². The smallest absolute Gasteiger partial charge is 0.229 e. The molecule has 0 spiro atoms. The van der Waals surface area contributed by atoms with Gasteiger partial charge in [0.15, 0.2) is 17.3 Å². The minimum atomic E-state index is -3.59. The van der Waals surface area contributed by atoms with Crippen molar-refractivity contribution in [2.45, 2.75) is 6.92 Å². The van der Waals surface area contributed by atoms with Crippen molar-refractivity contribution in [2.24, 2.45) is 5.16 Å². The van der Waals surface area contributed by atoms with Gasteiger partial charge in [-0.05, 0) is 31.2 Å². The molecule has 6 nitrogen and oxygen atoms in total. The molecule has 134 valence electrons. The van der Waals surface area contributed by atoms with Crippen molar-refractivity contribution in [2.75, 3.05) is 18.1 Å². The molecule has 0 heterocycles. The number of anilines is 1. The molecular weight excluding hydrogens is 354 g/mol. The maximum atomic E-state index is 13.8. The lowest BCUT2D eigenvalue weighted by atomic mass is 10.1. The van der Waals surface area contributed by atoms with Crippen LogP contribution in [0.4, 0.5) is 14.5 Å². The summed E-state index contributed by atoms with van der Waals surface area (Å²) in [6.45, 7) is 1.67. The van der Waals surface area contributed by atoms with Gasteiger partial charge in [0.05, 0.1) is 17.7 Å². The normalized spacial score (nSPS) is 12.0. The number of ether oxygens (including phenoxy) is 1. The van der Waals surface area contributed by atoms with E-state index in [1.165, 1.54) is 19.2 Å². The molecule has 0 unspecified atom stereocenters. The zero-order chi connectivity index (χ0) is 18.6. The summed E-state index contributed by atoms with van der Waals surface area (Å²) < 4.78 is 57.6. The lowest BCUT2D eigenvalue weighted by molar-refractivity contribution is 0.213. The van der Waals surface area contributed by atoms with Crippen LogP contribution in [0, 0.1) is 11.6 Å². The van der Waals surface area contributed by atoms with E-state index in [1.54, 1.807) is 13.0 Å². The highest BCUT2D eigenvalue weighted by Gasteiger charge is 2.14. The molecule has 0 aliphatic carbocycles. The van der Waals surface area contributed by atoms with Crippen LogP contribution in [-0.2, 0) is 14.9 Å². The molecule has 25 heavy (non-hydrogen) atoms. The number of benzene rings is 2. The number of halogens is 2. The molecule has 1 N–H and O–H groups in total. The summed E-state index contributed by atoms with van der Waals surface area (Å²) >= 11 is 0. The van der Waals surface area contributed by atoms with Gasteiger partial charge in [-0.1, -0.05) is 11.2 Å². The van der Waals surface area contributed by atoms with Crippen LogP contribution in [0.15, 0.2) is 41.6 Å². The largest absolute Gasteiger partial charge is 0.452 e. The van der Waals surface area contributed by atoms with Crippen LogP contribution in [0.3, 0.4) is 0 Å². The Balaban J connectivity index is 2.49. The number of nitrogens with one attached hydrogen (secondary N) is 1. The predicted octanol–water partition coefficient (Wildman–Crippen LogP) is 3.50. The number of hydrogen-bond donors (Lipinski definition) is 1. The average molecular weight is 370 g/mol. The molecule has 0 bridgehead atoms. The Hall–Kier alpha value is -2.68.